The molecule has 2 aliphatic rings. The number of rotatable bonds is 5. The second-order valence-corrected chi connectivity index (χ2v) is 7.72. The lowest BCUT2D eigenvalue weighted by Gasteiger charge is -2.33. The second kappa shape index (κ2) is 7.30. The van der Waals surface area contributed by atoms with Crippen LogP contribution in [-0.4, -0.2) is 42.8 Å². The van der Waals surface area contributed by atoms with E-state index in [1.54, 1.807) is 6.20 Å². The zero-order valence-corrected chi connectivity index (χ0v) is 16.2. The van der Waals surface area contributed by atoms with Crippen molar-refractivity contribution in [3.63, 3.8) is 0 Å². The van der Waals surface area contributed by atoms with E-state index in [9.17, 15) is 0 Å². The van der Waals surface area contributed by atoms with Crippen molar-refractivity contribution in [1.29, 1.82) is 0 Å². The Bertz CT molecular complexity index is 948. The first-order chi connectivity index (χ1) is 13.8. The van der Waals surface area contributed by atoms with E-state index in [0.29, 0.717) is 17.8 Å². The third-order valence-corrected chi connectivity index (χ3v) is 5.67. The Hall–Kier alpha value is -2.83. The van der Waals surface area contributed by atoms with Crippen molar-refractivity contribution in [3.05, 3.63) is 48.3 Å². The van der Waals surface area contributed by atoms with Gasteiger partial charge in [0.1, 0.15) is 23.7 Å². The van der Waals surface area contributed by atoms with E-state index >= 15 is 0 Å². The van der Waals surface area contributed by atoms with E-state index < -0.39 is 0 Å². The summed E-state index contributed by atoms with van der Waals surface area (Å²) in [4.78, 5) is 16.4. The molecule has 1 aliphatic heterocycles. The minimum absolute atomic E-state index is 0.398. The maximum absolute atomic E-state index is 4.87. The molecule has 2 fully saturated rings. The van der Waals surface area contributed by atoms with Crippen molar-refractivity contribution < 1.29 is 0 Å². The highest BCUT2D eigenvalue weighted by Crippen LogP contribution is 2.38. The van der Waals surface area contributed by atoms with Crippen molar-refractivity contribution in [1.82, 2.24) is 29.7 Å². The predicted octanol–water partition coefficient (Wildman–Crippen LogP) is 3.41. The van der Waals surface area contributed by atoms with E-state index in [2.05, 4.69) is 37.6 Å². The molecule has 0 bridgehead atoms. The topological polar surface area (TPSA) is 72.6 Å². The predicted molar refractivity (Wildman–Crippen MR) is 107 cm³/mol. The fraction of sp³-hybridized carbons (Fsp3) is 0.476. The van der Waals surface area contributed by atoms with Crippen LogP contribution in [0.2, 0.25) is 0 Å². The summed E-state index contributed by atoms with van der Waals surface area (Å²) in [6.07, 6.45) is 9.36. The minimum atomic E-state index is 0.398. The lowest BCUT2D eigenvalue weighted by atomic mass is 9.97. The van der Waals surface area contributed by atoms with Gasteiger partial charge >= 0.3 is 0 Å². The van der Waals surface area contributed by atoms with E-state index in [1.165, 1.54) is 12.8 Å². The van der Waals surface area contributed by atoms with Crippen LogP contribution in [0.1, 0.15) is 56.1 Å². The summed E-state index contributed by atoms with van der Waals surface area (Å²) in [5.74, 6) is 3.24. The van der Waals surface area contributed by atoms with Gasteiger partial charge in [-0.15, -0.1) is 10.2 Å². The molecule has 0 spiro atoms. The van der Waals surface area contributed by atoms with Crippen LogP contribution >= 0.6 is 0 Å². The summed E-state index contributed by atoms with van der Waals surface area (Å²) < 4.78 is 2.30. The van der Waals surface area contributed by atoms with E-state index in [0.717, 1.165) is 55.4 Å². The van der Waals surface area contributed by atoms with Crippen molar-refractivity contribution in [2.75, 3.05) is 18.0 Å². The zero-order chi connectivity index (χ0) is 18.9. The molecule has 1 saturated carbocycles. The number of hydrogen-bond donors (Lipinski definition) is 0. The molecule has 7 heteroatoms. The van der Waals surface area contributed by atoms with Crippen molar-refractivity contribution in [2.45, 2.75) is 51.0 Å². The molecule has 0 amide bonds. The van der Waals surface area contributed by atoms with Gasteiger partial charge in [-0.3, -0.25) is 4.98 Å². The van der Waals surface area contributed by atoms with E-state index in [4.69, 9.17) is 9.97 Å². The Kier molecular flexibility index (Phi) is 4.50. The van der Waals surface area contributed by atoms with Gasteiger partial charge in [0.15, 0.2) is 5.82 Å². The van der Waals surface area contributed by atoms with Crippen molar-refractivity contribution >= 4 is 5.82 Å². The fourth-order valence-corrected chi connectivity index (χ4v) is 4.01. The van der Waals surface area contributed by atoms with Gasteiger partial charge in [-0.1, -0.05) is 13.0 Å². The lowest BCUT2D eigenvalue weighted by Crippen LogP contribution is -2.36. The van der Waals surface area contributed by atoms with E-state index in [-0.39, 0.29) is 0 Å². The number of nitrogens with zero attached hydrogens (tertiary/aromatic N) is 7. The maximum atomic E-state index is 4.87. The van der Waals surface area contributed by atoms with Crippen molar-refractivity contribution in [2.24, 2.45) is 0 Å². The average Bonchev–Trinajstić information content (AvgIpc) is 3.50. The third-order valence-electron chi connectivity index (χ3n) is 5.67. The molecule has 1 unspecified atom stereocenters. The SMILES string of the molecule is CCc1cc(N2CCCC(c3nncn3C3CC3)C2)nc(-c2ccccn2)n1. The Morgan fingerprint density at radius 3 is 2.86 bits per heavy atom. The molecule has 0 aromatic carbocycles. The fourth-order valence-electron chi connectivity index (χ4n) is 4.01. The summed E-state index contributed by atoms with van der Waals surface area (Å²) in [7, 11) is 0. The first-order valence-electron chi connectivity index (χ1n) is 10.3. The summed E-state index contributed by atoms with van der Waals surface area (Å²) >= 11 is 0. The van der Waals surface area contributed by atoms with Gasteiger partial charge in [0.25, 0.3) is 0 Å². The Balaban J connectivity index is 1.44. The molecule has 144 valence electrons. The monoisotopic (exact) mass is 375 g/mol. The maximum Gasteiger partial charge on any atom is 0.180 e. The number of piperidine rings is 1. The van der Waals surface area contributed by atoms with Crippen LogP contribution in [-0.2, 0) is 6.42 Å². The molecular formula is C21H25N7. The van der Waals surface area contributed by atoms with E-state index in [1.807, 2.05) is 24.5 Å². The zero-order valence-electron chi connectivity index (χ0n) is 16.2. The largest absolute Gasteiger partial charge is 0.356 e. The molecule has 5 rings (SSSR count). The molecule has 0 radical (unpaired) electrons. The molecule has 4 heterocycles. The molecule has 7 nitrogen and oxygen atoms in total. The first-order valence-corrected chi connectivity index (χ1v) is 10.3. The number of aryl methyl sites for hydroxylation is 1. The highest BCUT2D eigenvalue weighted by Gasteiger charge is 2.32. The highest BCUT2D eigenvalue weighted by molar-refractivity contribution is 5.54. The molecular weight excluding hydrogens is 350 g/mol. The second-order valence-electron chi connectivity index (χ2n) is 7.72. The minimum Gasteiger partial charge on any atom is -0.356 e. The highest BCUT2D eigenvalue weighted by atomic mass is 15.3. The van der Waals surface area contributed by atoms with Gasteiger partial charge in [-0.2, -0.15) is 0 Å². The molecule has 1 atom stereocenters. The third kappa shape index (κ3) is 3.37. The smallest absolute Gasteiger partial charge is 0.180 e. The van der Waals surface area contributed by atoms with Crippen LogP contribution in [0.4, 0.5) is 5.82 Å². The molecule has 1 saturated heterocycles. The summed E-state index contributed by atoms with van der Waals surface area (Å²) in [6, 6.07) is 8.60. The van der Waals surface area contributed by atoms with Gasteiger partial charge in [0.2, 0.25) is 0 Å². The van der Waals surface area contributed by atoms with Crippen LogP contribution in [0, 0.1) is 0 Å². The number of aromatic nitrogens is 6. The van der Waals surface area contributed by atoms with Gasteiger partial charge < -0.3 is 9.47 Å². The Labute approximate surface area is 164 Å². The average molecular weight is 375 g/mol. The standard InChI is InChI=1S/C21H25N7/c1-2-16-12-19(25-20(24-16)18-7-3-4-10-22-18)27-11-5-6-15(13-27)21-26-23-14-28(21)17-8-9-17/h3-4,7,10,12,14-15,17H,2,5-6,8-9,11,13H2,1H3. The lowest BCUT2D eigenvalue weighted by molar-refractivity contribution is 0.469. The summed E-state index contributed by atoms with van der Waals surface area (Å²) in [6.45, 7) is 4.06. The summed E-state index contributed by atoms with van der Waals surface area (Å²) in [5, 5.41) is 8.67. The number of anilines is 1. The summed E-state index contributed by atoms with van der Waals surface area (Å²) in [5.41, 5.74) is 1.87. The quantitative estimate of drug-likeness (QED) is 0.680. The van der Waals surface area contributed by atoms with Crippen LogP contribution < -0.4 is 4.90 Å². The van der Waals surface area contributed by atoms with Gasteiger partial charge in [-0.25, -0.2) is 9.97 Å². The van der Waals surface area contributed by atoms with Crippen LogP contribution in [0.3, 0.4) is 0 Å². The molecule has 3 aromatic heterocycles. The van der Waals surface area contributed by atoms with Gasteiger partial charge in [0.05, 0.1) is 0 Å². The van der Waals surface area contributed by atoms with Crippen LogP contribution in [0.5, 0.6) is 0 Å². The first kappa shape index (κ1) is 17.3. The molecule has 3 aromatic rings. The van der Waals surface area contributed by atoms with Crippen LogP contribution in [0.25, 0.3) is 11.5 Å². The van der Waals surface area contributed by atoms with Gasteiger partial charge in [0, 0.05) is 43.0 Å². The number of hydrogen-bond acceptors (Lipinski definition) is 6. The van der Waals surface area contributed by atoms with Gasteiger partial charge in [-0.05, 0) is 44.2 Å². The normalized spacial score (nSPS) is 19.8. The number of pyridine rings is 1. The molecule has 0 N–H and O–H groups in total. The Morgan fingerprint density at radius 2 is 2.07 bits per heavy atom. The Morgan fingerprint density at radius 1 is 1.14 bits per heavy atom. The van der Waals surface area contributed by atoms with Crippen LogP contribution in [0.15, 0.2) is 36.8 Å². The molecule has 1 aliphatic carbocycles. The van der Waals surface area contributed by atoms with Crippen molar-refractivity contribution in [3.8, 4) is 11.5 Å². The molecule has 28 heavy (non-hydrogen) atoms.